The smallest absolute Gasteiger partial charge is 0.351 e. The number of aliphatic hydroxyl groups is 2. The maximum Gasteiger partial charge on any atom is 0.351 e. The lowest BCUT2D eigenvalue weighted by Gasteiger charge is -2.16. The number of halogens is 1. The highest BCUT2D eigenvalue weighted by atomic mass is 35.5. The monoisotopic (exact) mass is 261 g/mol. The van der Waals surface area contributed by atoms with Gasteiger partial charge in [0.1, 0.15) is 23.4 Å². The van der Waals surface area contributed by atoms with Crippen molar-refractivity contribution in [3.05, 3.63) is 22.7 Å². The Balaban J connectivity index is 2.32. The number of ether oxygens (including phenoxy) is 1. The molecule has 0 aromatic carbocycles. The van der Waals surface area contributed by atoms with Crippen molar-refractivity contribution in [2.75, 3.05) is 12.3 Å². The lowest BCUT2D eigenvalue weighted by molar-refractivity contribution is -0.0457. The van der Waals surface area contributed by atoms with E-state index in [1.165, 1.54) is 12.3 Å². The lowest BCUT2D eigenvalue weighted by atomic mass is 10.2. The molecule has 4 atom stereocenters. The third kappa shape index (κ3) is 2.14. The second-order valence-electron chi connectivity index (χ2n) is 3.72. The first-order chi connectivity index (χ1) is 8.04. The zero-order valence-corrected chi connectivity index (χ0v) is 9.49. The molecule has 1 aliphatic heterocycles. The molecule has 4 N–H and O–H groups in total. The fourth-order valence-corrected chi connectivity index (χ4v) is 2.04. The normalized spacial score (nSPS) is 32.9. The first kappa shape index (κ1) is 12.3. The minimum absolute atomic E-state index is 0.0922. The summed E-state index contributed by atoms with van der Waals surface area (Å²) >= 11 is 5.94. The van der Waals surface area contributed by atoms with E-state index >= 15 is 0 Å². The van der Waals surface area contributed by atoms with E-state index in [0.29, 0.717) is 0 Å². The van der Waals surface area contributed by atoms with Gasteiger partial charge < -0.3 is 20.7 Å². The zero-order valence-electron chi connectivity index (χ0n) is 8.73. The van der Waals surface area contributed by atoms with Crippen LogP contribution in [0.3, 0.4) is 0 Å². The van der Waals surface area contributed by atoms with Crippen LogP contribution in [0.2, 0.25) is 0 Å². The summed E-state index contributed by atoms with van der Waals surface area (Å²) in [6.45, 7) is -0.377. The standard InChI is InChI=1S/C9H12ClN3O4/c10-6-7(15)4(3-14)17-8(6)13-2-1-5(11)12-9(13)16/h1-2,4,6-8,14-15H,3H2,(H2,11,12,16)/t4?,6?,7-,8+/m0/s1. The highest BCUT2D eigenvalue weighted by Gasteiger charge is 2.43. The highest BCUT2D eigenvalue weighted by Crippen LogP contribution is 2.32. The Hall–Kier alpha value is -1.15. The van der Waals surface area contributed by atoms with Crippen LogP contribution in [0.5, 0.6) is 0 Å². The summed E-state index contributed by atoms with van der Waals surface area (Å²) in [7, 11) is 0. The summed E-state index contributed by atoms with van der Waals surface area (Å²) < 4.78 is 6.42. The van der Waals surface area contributed by atoms with Crippen LogP contribution in [0.4, 0.5) is 5.82 Å². The molecular weight excluding hydrogens is 250 g/mol. The Morgan fingerprint density at radius 1 is 1.65 bits per heavy atom. The Labute approximate surface area is 101 Å². The van der Waals surface area contributed by atoms with Gasteiger partial charge >= 0.3 is 5.69 Å². The van der Waals surface area contributed by atoms with E-state index in [2.05, 4.69) is 4.98 Å². The summed E-state index contributed by atoms with van der Waals surface area (Å²) in [5, 5.41) is 17.8. The first-order valence-corrected chi connectivity index (χ1v) is 5.41. The van der Waals surface area contributed by atoms with E-state index < -0.39 is 29.5 Å². The van der Waals surface area contributed by atoms with Crippen LogP contribution in [-0.4, -0.2) is 44.0 Å². The molecule has 1 aromatic heterocycles. The van der Waals surface area contributed by atoms with Crippen molar-refractivity contribution in [2.24, 2.45) is 0 Å². The molecule has 1 aliphatic rings. The van der Waals surface area contributed by atoms with E-state index in [0.717, 1.165) is 4.57 Å². The number of hydrogen-bond acceptors (Lipinski definition) is 6. The number of hydrogen-bond donors (Lipinski definition) is 3. The molecule has 8 heteroatoms. The molecule has 1 fully saturated rings. The second-order valence-corrected chi connectivity index (χ2v) is 4.23. The van der Waals surface area contributed by atoms with Crippen molar-refractivity contribution in [1.82, 2.24) is 9.55 Å². The Morgan fingerprint density at radius 2 is 2.35 bits per heavy atom. The van der Waals surface area contributed by atoms with Crippen LogP contribution >= 0.6 is 11.6 Å². The predicted octanol–water partition coefficient (Wildman–Crippen LogP) is -1.32. The van der Waals surface area contributed by atoms with Gasteiger partial charge in [-0.3, -0.25) is 4.57 Å². The number of alkyl halides is 1. The van der Waals surface area contributed by atoms with Gasteiger partial charge in [-0.05, 0) is 6.07 Å². The van der Waals surface area contributed by atoms with Crippen LogP contribution in [-0.2, 0) is 4.74 Å². The molecule has 94 valence electrons. The Morgan fingerprint density at radius 3 is 2.88 bits per heavy atom. The van der Waals surface area contributed by atoms with Crippen LogP contribution in [0, 0.1) is 0 Å². The van der Waals surface area contributed by atoms with Crippen molar-refractivity contribution in [3.8, 4) is 0 Å². The van der Waals surface area contributed by atoms with Crippen molar-refractivity contribution >= 4 is 17.4 Å². The Bertz CT molecular complexity index is 466. The topological polar surface area (TPSA) is 111 Å². The van der Waals surface area contributed by atoms with Crippen LogP contribution in [0.15, 0.2) is 17.1 Å². The van der Waals surface area contributed by atoms with Crippen LogP contribution in [0.25, 0.3) is 0 Å². The minimum Gasteiger partial charge on any atom is -0.394 e. The van der Waals surface area contributed by atoms with Gasteiger partial charge in [-0.1, -0.05) is 0 Å². The van der Waals surface area contributed by atoms with E-state index in [1.807, 2.05) is 0 Å². The molecule has 1 aromatic rings. The van der Waals surface area contributed by atoms with Crippen molar-refractivity contribution < 1.29 is 14.9 Å². The van der Waals surface area contributed by atoms with Gasteiger partial charge in [-0.25, -0.2) is 4.79 Å². The molecule has 0 bridgehead atoms. The molecule has 7 nitrogen and oxygen atoms in total. The van der Waals surface area contributed by atoms with Crippen LogP contribution in [0.1, 0.15) is 6.23 Å². The van der Waals surface area contributed by atoms with Crippen molar-refractivity contribution in [2.45, 2.75) is 23.8 Å². The molecule has 0 amide bonds. The summed E-state index contributed by atoms with van der Waals surface area (Å²) in [5.41, 5.74) is 4.73. The average molecular weight is 262 g/mol. The quantitative estimate of drug-likeness (QED) is 0.570. The summed E-state index contributed by atoms with van der Waals surface area (Å²) in [5.74, 6) is 0.0922. The van der Waals surface area contributed by atoms with Gasteiger partial charge in [0.05, 0.1) is 6.61 Å². The highest BCUT2D eigenvalue weighted by molar-refractivity contribution is 6.21. The summed E-state index contributed by atoms with van der Waals surface area (Å²) in [6.07, 6.45) is -1.34. The van der Waals surface area contributed by atoms with Gasteiger partial charge in [-0.15, -0.1) is 11.6 Å². The SMILES string of the molecule is Nc1ccn([C@@H]2OC(CO)[C@H](O)C2Cl)c(=O)n1. The number of aliphatic hydroxyl groups excluding tert-OH is 2. The zero-order chi connectivity index (χ0) is 12.6. The molecule has 0 aliphatic carbocycles. The fraction of sp³-hybridized carbons (Fsp3) is 0.556. The number of aromatic nitrogens is 2. The van der Waals surface area contributed by atoms with Crippen LogP contribution < -0.4 is 11.4 Å². The van der Waals surface area contributed by atoms with Gasteiger partial charge in [0.15, 0.2) is 6.23 Å². The molecule has 1 saturated heterocycles. The largest absolute Gasteiger partial charge is 0.394 e. The molecule has 0 radical (unpaired) electrons. The first-order valence-electron chi connectivity index (χ1n) is 4.97. The molecule has 0 spiro atoms. The van der Waals surface area contributed by atoms with Gasteiger partial charge in [0.2, 0.25) is 0 Å². The number of nitrogens with zero attached hydrogens (tertiary/aromatic N) is 2. The van der Waals surface area contributed by atoms with E-state index in [-0.39, 0.29) is 12.4 Å². The number of nitrogen functional groups attached to an aromatic ring is 1. The molecular formula is C9H12ClN3O4. The number of rotatable bonds is 2. The maximum atomic E-state index is 11.6. The number of nitrogens with two attached hydrogens (primary N) is 1. The maximum absolute atomic E-state index is 11.6. The third-order valence-corrected chi connectivity index (χ3v) is 3.07. The lowest BCUT2D eigenvalue weighted by Crippen LogP contribution is -2.32. The average Bonchev–Trinajstić information content (AvgIpc) is 2.57. The summed E-state index contributed by atoms with van der Waals surface area (Å²) in [6, 6.07) is 1.42. The van der Waals surface area contributed by atoms with Crippen molar-refractivity contribution in [1.29, 1.82) is 0 Å². The molecule has 2 rings (SSSR count). The number of anilines is 1. The molecule has 17 heavy (non-hydrogen) atoms. The van der Waals surface area contributed by atoms with Crippen molar-refractivity contribution in [3.63, 3.8) is 0 Å². The Kier molecular flexibility index (Phi) is 3.34. The predicted molar refractivity (Wildman–Crippen MR) is 59.6 cm³/mol. The minimum atomic E-state index is -1.05. The van der Waals surface area contributed by atoms with Gasteiger partial charge in [0.25, 0.3) is 0 Å². The van der Waals surface area contributed by atoms with E-state index in [4.69, 9.17) is 27.2 Å². The second kappa shape index (κ2) is 4.61. The van der Waals surface area contributed by atoms with E-state index in [9.17, 15) is 9.90 Å². The van der Waals surface area contributed by atoms with E-state index in [1.54, 1.807) is 0 Å². The van der Waals surface area contributed by atoms with Gasteiger partial charge in [0, 0.05) is 6.20 Å². The fourth-order valence-electron chi connectivity index (χ4n) is 1.70. The molecule has 2 heterocycles. The molecule has 0 saturated carbocycles. The third-order valence-electron chi connectivity index (χ3n) is 2.60. The van der Waals surface area contributed by atoms with Gasteiger partial charge in [-0.2, -0.15) is 4.98 Å². The molecule has 2 unspecified atom stereocenters. The summed E-state index contributed by atoms with van der Waals surface area (Å²) in [4.78, 5) is 15.1.